The van der Waals surface area contributed by atoms with Crippen LogP contribution in [-0.4, -0.2) is 48.7 Å². The van der Waals surface area contributed by atoms with E-state index in [0.29, 0.717) is 6.29 Å². The molecule has 0 aromatic heterocycles. The third kappa shape index (κ3) is 4.27. The molecule has 0 amide bonds. The molecule has 0 spiro atoms. The molecule has 120 valence electrons. The van der Waals surface area contributed by atoms with Crippen LogP contribution in [0.2, 0.25) is 0 Å². The number of rotatable bonds is 7. The van der Waals surface area contributed by atoms with Gasteiger partial charge in [-0.15, -0.1) is 0 Å². The summed E-state index contributed by atoms with van der Waals surface area (Å²) in [5.74, 6) is -3.42. The van der Waals surface area contributed by atoms with Crippen molar-refractivity contribution in [2.24, 2.45) is 0 Å². The molecule has 0 bridgehead atoms. The van der Waals surface area contributed by atoms with Gasteiger partial charge in [-0.3, -0.25) is 18.9 Å². The van der Waals surface area contributed by atoms with Crippen LogP contribution in [0.5, 0.6) is 11.5 Å². The zero-order valence-electron chi connectivity index (χ0n) is 11.3. The van der Waals surface area contributed by atoms with Gasteiger partial charge < -0.3 is 14.6 Å². The first kappa shape index (κ1) is 17.6. The second-order valence-electron chi connectivity index (χ2n) is 4.02. The average Bonchev–Trinajstić information content (AvgIpc) is 2.43. The third-order valence-corrected chi connectivity index (χ3v) is 3.65. The van der Waals surface area contributed by atoms with E-state index in [9.17, 15) is 22.8 Å². The number of esters is 1. The van der Waals surface area contributed by atoms with Crippen molar-refractivity contribution in [3.63, 3.8) is 0 Å². The molecule has 0 heterocycles. The van der Waals surface area contributed by atoms with Crippen LogP contribution >= 0.6 is 0 Å². The molecule has 0 saturated carbocycles. The summed E-state index contributed by atoms with van der Waals surface area (Å²) in [5, 5.41) is 6.33. The number of ether oxygens (including phenoxy) is 2. The zero-order chi connectivity index (χ0) is 16.9. The Bertz CT molecular complexity index is 693. The lowest BCUT2D eigenvalue weighted by atomic mass is 10.2. The molecule has 0 aliphatic carbocycles. The summed E-state index contributed by atoms with van der Waals surface area (Å²) in [5.41, 5.74) is -0.0496. The predicted molar refractivity (Wildman–Crippen MR) is 71.6 cm³/mol. The van der Waals surface area contributed by atoms with Gasteiger partial charge in [0.15, 0.2) is 23.0 Å². The Balaban J connectivity index is 3.03. The van der Waals surface area contributed by atoms with Crippen LogP contribution in [0.3, 0.4) is 0 Å². The van der Waals surface area contributed by atoms with Gasteiger partial charge in [-0.25, -0.2) is 0 Å². The van der Waals surface area contributed by atoms with Crippen LogP contribution in [0, 0.1) is 0 Å². The summed E-state index contributed by atoms with van der Waals surface area (Å²) in [6.07, 6.45) is -0.757. The molecule has 0 fully saturated rings. The van der Waals surface area contributed by atoms with Crippen LogP contribution in [0.4, 0.5) is 0 Å². The quantitative estimate of drug-likeness (QED) is 0.308. The topological polar surface area (TPSA) is 144 Å². The number of carboxylic acid groups (broad SMARTS) is 1. The molecule has 0 saturated heterocycles. The standard InChI is InChI=1S/C12H12O9S/c1-20-8-4-2-3-7(6-13)11(8)21-10(14)5-9(12(15)16)22(17,18)19/h2-4,6,9H,5H2,1H3,(H,15,16)(H,17,18,19). The molecule has 9 nitrogen and oxygen atoms in total. The number of hydrogen-bond acceptors (Lipinski definition) is 7. The number of hydrogen-bond donors (Lipinski definition) is 2. The van der Waals surface area contributed by atoms with Gasteiger partial charge in [-0.2, -0.15) is 8.42 Å². The van der Waals surface area contributed by atoms with Crippen LogP contribution in [-0.2, 0) is 19.7 Å². The van der Waals surface area contributed by atoms with E-state index in [1.165, 1.54) is 25.3 Å². The van der Waals surface area contributed by atoms with Crippen molar-refractivity contribution in [1.82, 2.24) is 0 Å². The van der Waals surface area contributed by atoms with Crippen LogP contribution in [0.1, 0.15) is 16.8 Å². The first-order valence-corrected chi connectivity index (χ1v) is 7.23. The fraction of sp³-hybridized carbons (Fsp3) is 0.250. The van der Waals surface area contributed by atoms with Gasteiger partial charge in [0.25, 0.3) is 10.1 Å². The van der Waals surface area contributed by atoms with E-state index < -0.39 is 33.7 Å². The molecule has 22 heavy (non-hydrogen) atoms. The minimum Gasteiger partial charge on any atom is -0.493 e. The van der Waals surface area contributed by atoms with E-state index in [1.54, 1.807) is 0 Å². The lowest BCUT2D eigenvalue weighted by molar-refractivity contribution is -0.141. The molecular weight excluding hydrogens is 320 g/mol. The molecule has 0 aliphatic heterocycles. The number of methoxy groups -OCH3 is 1. The number of para-hydroxylation sites is 1. The second kappa shape index (κ2) is 7.00. The lowest BCUT2D eigenvalue weighted by Gasteiger charge is -2.12. The average molecular weight is 332 g/mol. The second-order valence-corrected chi connectivity index (χ2v) is 5.62. The zero-order valence-corrected chi connectivity index (χ0v) is 12.1. The highest BCUT2D eigenvalue weighted by Crippen LogP contribution is 2.30. The number of aldehydes is 1. The van der Waals surface area contributed by atoms with E-state index >= 15 is 0 Å². The molecule has 0 radical (unpaired) electrons. The Hall–Kier alpha value is -2.46. The van der Waals surface area contributed by atoms with Crippen molar-refractivity contribution >= 4 is 28.3 Å². The first-order chi connectivity index (χ1) is 10.2. The molecule has 1 rings (SSSR count). The van der Waals surface area contributed by atoms with Gasteiger partial charge in [0.2, 0.25) is 0 Å². The summed E-state index contributed by atoms with van der Waals surface area (Å²) >= 11 is 0. The maximum absolute atomic E-state index is 11.7. The van der Waals surface area contributed by atoms with Gasteiger partial charge >= 0.3 is 11.9 Å². The summed E-state index contributed by atoms with van der Waals surface area (Å²) in [6, 6.07) is 4.15. The van der Waals surface area contributed by atoms with Crippen molar-refractivity contribution in [2.45, 2.75) is 11.7 Å². The van der Waals surface area contributed by atoms with Gasteiger partial charge in [-0.05, 0) is 12.1 Å². The summed E-state index contributed by atoms with van der Waals surface area (Å²) < 4.78 is 40.2. The molecule has 1 atom stereocenters. The van der Waals surface area contributed by atoms with Gasteiger partial charge in [0.1, 0.15) is 0 Å². The molecular formula is C12H12O9S. The van der Waals surface area contributed by atoms with Gasteiger partial charge in [0, 0.05) is 0 Å². The molecule has 1 aromatic rings. The maximum Gasteiger partial charge on any atom is 0.325 e. The van der Waals surface area contributed by atoms with E-state index in [4.69, 9.17) is 19.1 Å². The monoisotopic (exact) mass is 332 g/mol. The summed E-state index contributed by atoms with van der Waals surface area (Å²) in [6.45, 7) is 0. The number of benzene rings is 1. The number of carbonyl (C=O) groups is 3. The van der Waals surface area contributed by atoms with E-state index in [1.807, 2.05) is 0 Å². The summed E-state index contributed by atoms with van der Waals surface area (Å²) in [7, 11) is -3.73. The number of carbonyl (C=O) groups excluding carboxylic acids is 2. The van der Waals surface area contributed by atoms with Crippen LogP contribution in [0.15, 0.2) is 18.2 Å². The van der Waals surface area contributed by atoms with E-state index in [2.05, 4.69) is 0 Å². The van der Waals surface area contributed by atoms with E-state index in [0.717, 1.165) is 0 Å². The normalized spacial score (nSPS) is 12.3. The minimum absolute atomic E-state index is 0.0247. The van der Waals surface area contributed by atoms with Crippen molar-refractivity contribution < 1.29 is 41.9 Å². The molecule has 1 aromatic carbocycles. The Morgan fingerprint density at radius 1 is 1.36 bits per heavy atom. The number of carboxylic acids is 1. The van der Waals surface area contributed by atoms with Crippen molar-refractivity contribution in [2.75, 3.05) is 7.11 Å². The predicted octanol–water partition coefficient (Wildman–Crippen LogP) is 0.144. The Kier molecular flexibility index (Phi) is 5.60. The largest absolute Gasteiger partial charge is 0.493 e. The smallest absolute Gasteiger partial charge is 0.325 e. The molecule has 0 aliphatic rings. The Morgan fingerprint density at radius 2 is 2.00 bits per heavy atom. The van der Waals surface area contributed by atoms with Crippen molar-refractivity contribution in [1.29, 1.82) is 0 Å². The third-order valence-electron chi connectivity index (χ3n) is 2.56. The SMILES string of the molecule is COc1cccc(C=O)c1OC(=O)CC(C(=O)O)S(=O)(=O)O. The fourth-order valence-electron chi connectivity index (χ4n) is 1.52. The Labute approximate surface area is 125 Å². The van der Waals surface area contributed by atoms with Gasteiger partial charge in [-0.1, -0.05) is 6.07 Å². The minimum atomic E-state index is -4.98. The maximum atomic E-state index is 11.7. The van der Waals surface area contributed by atoms with Crippen molar-refractivity contribution in [3.8, 4) is 11.5 Å². The van der Waals surface area contributed by atoms with Crippen LogP contribution < -0.4 is 9.47 Å². The first-order valence-electron chi connectivity index (χ1n) is 5.72. The Morgan fingerprint density at radius 3 is 2.45 bits per heavy atom. The molecule has 1 unspecified atom stereocenters. The highest BCUT2D eigenvalue weighted by atomic mass is 32.2. The summed E-state index contributed by atoms with van der Waals surface area (Å²) in [4.78, 5) is 33.3. The highest BCUT2D eigenvalue weighted by Gasteiger charge is 2.34. The molecule has 2 N–H and O–H groups in total. The number of aliphatic carboxylic acids is 1. The lowest BCUT2D eigenvalue weighted by Crippen LogP contribution is -2.33. The van der Waals surface area contributed by atoms with Crippen molar-refractivity contribution in [3.05, 3.63) is 23.8 Å². The highest BCUT2D eigenvalue weighted by molar-refractivity contribution is 7.87. The molecule has 10 heteroatoms. The fourth-order valence-corrected chi connectivity index (χ4v) is 2.12. The van der Waals surface area contributed by atoms with Crippen LogP contribution in [0.25, 0.3) is 0 Å². The van der Waals surface area contributed by atoms with E-state index in [-0.39, 0.29) is 17.1 Å². The van der Waals surface area contributed by atoms with Gasteiger partial charge in [0.05, 0.1) is 19.1 Å².